The van der Waals surface area contributed by atoms with E-state index >= 15 is 0 Å². The van der Waals surface area contributed by atoms with Gasteiger partial charge in [-0.15, -0.1) is 0 Å². The van der Waals surface area contributed by atoms with Gasteiger partial charge in [0.15, 0.2) is 0 Å². The summed E-state index contributed by atoms with van der Waals surface area (Å²) in [6, 6.07) is 0.498. The molecule has 82 valence electrons. The summed E-state index contributed by atoms with van der Waals surface area (Å²) in [6.45, 7) is 0.512. The Hall–Kier alpha value is -0.780. The Labute approximate surface area is 80.3 Å². The molecular weight excluding hydrogens is 197 g/mol. The zero-order valence-electron chi connectivity index (χ0n) is 7.90. The number of alkyl halides is 3. The van der Waals surface area contributed by atoms with Crippen molar-refractivity contribution in [1.82, 2.24) is 10.2 Å². The number of likely N-dealkylation sites (N-methyl/N-ethyl adjacent to an activating group) is 1. The normalized spacial score (nSPS) is 17.2. The molecule has 0 aromatic heterocycles. The molecule has 0 atom stereocenters. The van der Waals surface area contributed by atoms with Crippen LogP contribution in [0.25, 0.3) is 0 Å². The summed E-state index contributed by atoms with van der Waals surface area (Å²) in [5.41, 5.74) is 0. The highest BCUT2D eigenvalue weighted by Gasteiger charge is 2.38. The highest BCUT2D eigenvalue weighted by Crippen LogP contribution is 2.24. The summed E-state index contributed by atoms with van der Waals surface area (Å²) in [6.07, 6.45) is -2.56. The predicted octanol–water partition coefficient (Wildman–Crippen LogP) is 0.759. The Morgan fingerprint density at radius 1 is 1.50 bits per heavy atom. The molecule has 0 bridgehead atoms. The number of carbonyl (C=O) groups is 1. The van der Waals surface area contributed by atoms with Gasteiger partial charge in [-0.05, 0) is 19.9 Å². The van der Waals surface area contributed by atoms with Crippen LogP contribution in [0.1, 0.15) is 12.8 Å². The van der Waals surface area contributed by atoms with Crippen molar-refractivity contribution >= 4 is 5.91 Å². The van der Waals surface area contributed by atoms with E-state index in [1.807, 2.05) is 17.3 Å². The van der Waals surface area contributed by atoms with Gasteiger partial charge in [-0.2, -0.15) is 13.2 Å². The van der Waals surface area contributed by atoms with E-state index in [1.54, 1.807) is 0 Å². The Morgan fingerprint density at radius 2 is 2.07 bits per heavy atom. The van der Waals surface area contributed by atoms with Crippen LogP contribution in [0.5, 0.6) is 0 Å². The summed E-state index contributed by atoms with van der Waals surface area (Å²) in [4.78, 5) is 12.3. The summed E-state index contributed by atoms with van der Waals surface area (Å²) >= 11 is 0. The van der Waals surface area contributed by atoms with Crippen LogP contribution in [0.4, 0.5) is 13.2 Å². The zero-order chi connectivity index (χ0) is 10.8. The first-order valence-electron chi connectivity index (χ1n) is 4.46. The number of nitrogens with one attached hydrogen (secondary N) is 1. The standard InChI is InChI=1S/C8H13F3N2O/c1-13(6-2-3-6)5-4-12-7(14)8(9,10)11/h6H,2-5H2,1H3,(H,12,14). The van der Waals surface area contributed by atoms with Crippen LogP contribution in [-0.2, 0) is 4.79 Å². The SMILES string of the molecule is CN(CCNC(=O)C(F)(F)F)C1CC1. The molecule has 1 amide bonds. The maximum Gasteiger partial charge on any atom is 0.471 e. The lowest BCUT2D eigenvalue weighted by Gasteiger charge is -2.16. The lowest BCUT2D eigenvalue weighted by atomic mass is 10.5. The summed E-state index contributed by atoms with van der Waals surface area (Å²) < 4.78 is 35.2. The number of halogens is 3. The van der Waals surface area contributed by atoms with Crippen molar-refractivity contribution < 1.29 is 18.0 Å². The van der Waals surface area contributed by atoms with Gasteiger partial charge in [0, 0.05) is 19.1 Å². The molecule has 14 heavy (non-hydrogen) atoms. The van der Waals surface area contributed by atoms with Gasteiger partial charge in [0.1, 0.15) is 0 Å². The summed E-state index contributed by atoms with van der Waals surface area (Å²) in [5, 5.41) is 1.83. The molecule has 1 aliphatic rings. The molecule has 1 fully saturated rings. The quantitative estimate of drug-likeness (QED) is 0.743. The lowest BCUT2D eigenvalue weighted by Crippen LogP contribution is -2.40. The molecule has 6 heteroatoms. The monoisotopic (exact) mass is 210 g/mol. The first-order valence-corrected chi connectivity index (χ1v) is 4.46. The highest BCUT2D eigenvalue weighted by molar-refractivity contribution is 5.81. The van der Waals surface area contributed by atoms with Crippen LogP contribution in [0.3, 0.4) is 0 Å². The minimum absolute atomic E-state index is 0.0470. The van der Waals surface area contributed by atoms with Crippen LogP contribution in [0, 0.1) is 0 Å². The topological polar surface area (TPSA) is 32.3 Å². The number of hydrogen-bond donors (Lipinski definition) is 1. The van der Waals surface area contributed by atoms with E-state index in [-0.39, 0.29) is 6.54 Å². The van der Waals surface area contributed by atoms with E-state index in [2.05, 4.69) is 0 Å². The third-order valence-electron chi connectivity index (χ3n) is 2.18. The predicted molar refractivity (Wildman–Crippen MR) is 44.7 cm³/mol. The molecule has 0 aromatic rings. The van der Waals surface area contributed by atoms with Crippen molar-refractivity contribution in [1.29, 1.82) is 0 Å². The molecule has 0 saturated heterocycles. The van der Waals surface area contributed by atoms with Gasteiger partial charge in [-0.1, -0.05) is 0 Å². The minimum Gasteiger partial charge on any atom is -0.347 e. The average Bonchev–Trinajstić information content (AvgIpc) is 2.84. The van der Waals surface area contributed by atoms with Gasteiger partial charge in [-0.25, -0.2) is 0 Å². The molecule has 0 radical (unpaired) electrons. The summed E-state index contributed by atoms with van der Waals surface area (Å²) in [7, 11) is 1.84. The zero-order valence-corrected chi connectivity index (χ0v) is 7.90. The largest absolute Gasteiger partial charge is 0.471 e. The average molecular weight is 210 g/mol. The molecule has 0 aromatic carbocycles. The van der Waals surface area contributed by atoms with Crippen molar-refractivity contribution in [2.75, 3.05) is 20.1 Å². The van der Waals surface area contributed by atoms with Crippen molar-refractivity contribution in [3.05, 3.63) is 0 Å². The van der Waals surface area contributed by atoms with Gasteiger partial charge in [0.25, 0.3) is 0 Å². The van der Waals surface area contributed by atoms with Gasteiger partial charge >= 0.3 is 12.1 Å². The Kier molecular flexibility index (Phi) is 3.36. The molecule has 0 aliphatic heterocycles. The van der Waals surface area contributed by atoms with Crippen LogP contribution in [0.2, 0.25) is 0 Å². The molecule has 1 N–H and O–H groups in total. The smallest absolute Gasteiger partial charge is 0.347 e. The molecule has 0 heterocycles. The fourth-order valence-electron chi connectivity index (χ4n) is 1.14. The van der Waals surface area contributed by atoms with Gasteiger partial charge in [-0.3, -0.25) is 4.79 Å². The third-order valence-corrected chi connectivity index (χ3v) is 2.18. The van der Waals surface area contributed by atoms with E-state index < -0.39 is 12.1 Å². The minimum atomic E-state index is -4.77. The second-order valence-electron chi connectivity index (χ2n) is 3.47. The van der Waals surface area contributed by atoms with Crippen LogP contribution < -0.4 is 5.32 Å². The third kappa shape index (κ3) is 3.53. The van der Waals surface area contributed by atoms with E-state index in [9.17, 15) is 18.0 Å². The van der Waals surface area contributed by atoms with Crippen molar-refractivity contribution in [2.45, 2.75) is 25.1 Å². The van der Waals surface area contributed by atoms with Crippen LogP contribution in [-0.4, -0.2) is 43.2 Å². The van der Waals surface area contributed by atoms with Crippen LogP contribution in [0.15, 0.2) is 0 Å². The fraction of sp³-hybridized carbons (Fsp3) is 0.875. The maximum atomic E-state index is 11.7. The fourth-order valence-corrected chi connectivity index (χ4v) is 1.14. The Morgan fingerprint density at radius 3 is 2.50 bits per heavy atom. The van der Waals surface area contributed by atoms with Gasteiger partial charge in [0.2, 0.25) is 0 Å². The van der Waals surface area contributed by atoms with Crippen molar-refractivity contribution in [3.63, 3.8) is 0 Å². The first-order chi connectivity index (χ1) is 6.41. The number of rotatable bonds is 4. The number of amides is 1. The lowest BCUT2D eigenvalue weighted by molar-refractivity contribution is -0.173. The molecule has 0 unspecified atom stereocenters. The summed E-state index contributed by atoms with van der Waals surface area (Å²) in [5.74, 6) is -1.86. The maximum absolute atomic E-state index is 11.7. The van der Waals surface area contributed by atoms with E-state index in [0.29, 0.717) is 12.6 Å². The molecule has 1 rings (SSSR count). The number of carbonyl (C=O) groups excluding carboxylic acids is 1. The Balaban J connectivity index is 2.11. The molecule has 0 spiro atoms. The number of hydrogen-bond acceptors (Lipinski definition) is 2. The first kappa shape index (κ1) is 11.3. The van der Waals surface area contributed by atoms with Crippen LogP contribution >= 0.6 is 0 Å². The van der Waals surface area contributed by atoms with E-state index in [4.69, 9.17) is 0 Å². The molecule has 3 nitrogen and oxygen atoms in total. The second kappa shape index (κ2) is 4.16. The molecular formula is C8H13F3N2O. The van der Waals surface area contributed by atoms with Crippen molar-refractivity contribution in [2.24, 2.45) is 0 Å². The van der Waals surface area contributed by atoms with E-state index in [1.165, 1.54) is 0 Å². The van der Waals surface area contributed by atoms with E-state index in [0.717, 1.165) is 12.8 Å². The molecule has 1 saturated carbocycles. The molecule has 1 aliphatic carbocycles. The Bertz CT molecular complexity index is 213. The second-order valence-corrected chi connectivity index (χ2v) is 3.47. The number of nitrogens with zero attached hydrogens (tertiary/aromatic N) is 1. The van der Waals surface area contributed by atoms with Crippen molar-refractivity contribution in [3.8, 4) is 0 Å². The van der Waals surface area contributed by atoms with Gasteiger partial charge < -0.3 is 10.2 Å². The van der Waals surface area contributed by atoms with Gasteiger partial charge in [0.05, 0.1) is 0 Å². The highest BCUT2D eigenvalue weighted by atomic mass is 19.4.